The van der Waals surface area contributed by atoms with Gasteiger partial charge in [-0.3, -0.25) is 14.3 Å². The fraction of sp³-hybridized carbons (Fsp3) is 0.273. The molecule has 1 rings (SSSR count). The van der Waals surface area contributed by atoms with Crippen LogP contribution in [0.4, 0.5) is 4.79 Å². The Morgan fingerprint density at radius 2 is 1.77 bits per heavy atom. The number of carbonyl (C=O) groups excluding carboxylic acids is 1. The molecule has 0 radical (unpaired) electrons. The minimum atomic E-state index is -4.05. The number of halogens is 2. The van der Waals surface area contributed by atoms with E-state index in [0.717, 1.165) is 0 Å². The van der Waals surface area contributed by atoms with Crippen LogP contribution >= 0.6 is 31.3 Å². The number of nitrogens with zero attached hydrogens (tertiary/aromatic N) is 1. The number of rotatable bonds is 8. The van der Waals surface area contributed by atoms with E-state index in [1.165, 1.54) is 0 Å². The SMILES string of the molecule is O=C(O)CN(CP(=O)(OCl)OCl)C(=O)OCc1ccccc1. The molecule has 0 saturated heterocycles. The van der Waals surface area contributed by atoms with Gasteiger partial charge in [-0.05, 0) is 5.56 Å². The molecule has 0 unspecified atom stereocenters. The highest BCUT2D eigenvalue weighted by atomic mass is 35.5. The summed E-state index contributed by atoms with van der Waals surface area (Å²) in [5.41, 5.74) is 0.691. The van der Waals surface area contributed by atoms with E-state index in [9.17, 15) is 14.2 Å². The number of aliphatic carboxylic acids is 1. The van der Waals surface area contributed by atoms with Crippen LogP contribution in [0.3, 0.4) is 0 Å². The van der Waals surface area contributed by atoms with Gasteiger partial charge >= 0.3 is 19.7 Å². The molecule has 8 nitrogen and oxygen atoms in total. The summed E-state index contributed by atoms with van der Waals surface area (Å²) >= 11 is 9.94. The van der Waals surface area contributed by atoms with Crippen LogP contribution in [0.1, 0.15) is 5.56 Å². The second-order valence-corrected chi connectivity index (χ2v) is 6.63. The Balaban J connectivity index is 2.72. The van der Waals surface area contributed by atoms with Crippen molar-refractivity contribution >= 4 is 43.4 Å². The Bertz CT molecular complexity index is 549. The van der Waals surface area contributed by atoms with Gasteiger partial charge in [0.05, 0.1) is 23.7 Å². The molecule has 0 heterocycles. The molecule has 0 aliphatic carbocycles. The fourth-order valence-corrected chi connectivity index (χ4v) is 2.67. The molecule has 1 aromatic rings. The number of benzene rings is 1. The zero-order valence-electron chi connectivity index (χ0n) is 11.1. The summed E-state index contributed by atoms with van der Waals surface area (Å²) in [4.78, 5) is 23.2. The predicted molar refractivity (Wildman–Crippen MR) is 77.3 cm³/mol. The zero-order valence-corrected chi connectivity index (χ0v) is 13.5. The molecule has 0 bridgehead atoms. The van der Waals surface area contributed by atoms with Gasteiger partial charge in [0.15, 0.2) is 0 Å². The molecule has 122 valence electrons. The van der Waals surface area contributed by atoms with Crippen molar-refractivity contribution in [1.82, 2.24) is 4.90 Å². The van der Waals surface area contributed by atoms with Gasteiger partial charge in [-0.1, -0.05) is 30.3 Å². The maximum Gasteiger partial charge on any atom is 0.411 e. The van der Waals surface area contributed by atoms with Crippen LogP contribution in [0.15, 0.2) is 30.3 Å². The van der Waals surface area contributed by atoms with Crippen molar-refractivity contribution in [2.75, 3.05) is 12.8 Å². The molecule has 11 heteroatoms. The highest BCUT2D eigenvalue weighted by Crippen LogP contribution is 2.51. The van der Waals surface area contributed by atoms with Gasteiger partial charge < -0.3 is 9.84 Å². The third-order valence-corrected chi connectivity index (χ3v) is 4.71. The van der Waals surface area contributed by atoms with E-state index in [1.54, 1.807) is 30.3 Å². The molecule has 0 atom stereocenters. The van der Waals surface area contributed by atoms with E-state index in [4.69, 9.17) is 33.6 Å². The van der Waals surface area contributed by atoms with E-state index < -0.39 is 32.5 Å². The van der Waals surface area contributed by atoms with Gasteiger partial charge in [0.25, 0.3) is 0 Å². The van der Waals surface area contributed by atoms with Crippen molar-refractivity contribution in [3.8, 4) is 0 Å². The van der Waals surface area contributed by atoms with Crippen molar-refractivity contribution in [2.45, 2.75) is 6.61 Å². The molecule has 0 aromatic heterocycles. The fourth-order valence-electron chi connectivity index (χ4n) is 1.41. The van der Waals surface area contributed by atoms with Crippen LogP contribution in [0.2, 0.25) is 0 Å². The van der Waals surface area contributed by atoms with Gasteiger partial charge in [-0.15, -0.1) is 0 Å². The Labute approximate surface area is 136 Å². The van der Waals surface area contributed by atoms with Gasteiger partial charge in [-0.25, -0.2) is 4.79 Å². The van der Waals surface area contributed by atoms with Crippen LogP contribution in [0, 0.1) is 0 Å². The van der Waals surface area contributed by atoms with Crippen LogP contribution < -0.4 is 0 Å². The lowest BCUT2D eigenvalue weighted by Gasteiger charge is -2.22. The van der Waals surface area contributed by atoms with Crippen LogP contribution in [0.5, 0.6) is 0 Å². The number of ether oxygens (including phenoxy) is 1. The summed E-state index contributed by atoms with van der Waals surface area (Å²) < 4.78 is 24.8. The first-order valence-corrected chi connectivity index (χ1v) is 8.12. The smallest absolute Gasteiger partial charge is 0.411 e. The second-order valence-electron chi connectivity index (χ2n) is 4.02. The third-order valence-electron chi connectivity index (χ3n) is 2.34. The van der Waals surface area contributed by atoms with Gasteiger partial charge in [-0.2, -0.15) is 8.15 Å². The number of carboxylic acids is 1. The largest absolute Gasteiger partial charge is 0.480 e. The van der Waals surface area contributed by atoms with Crippen molar-refractivity contribution in [3.63, 3.8) is 0 Å². The summed E-state index contributed by atoms with van der Waals surface area (Å²) in [5, 5.41) is 8.77. The van der Waals surface area contributed by atoms with Gasteiger partial charge in [0.1, 0.15) is 19.4 Å². The van der Waals surface area contributed by atoms with Crippen LogP contribution in [0.25, 0.3) is 0 Å². The maximum atomic E-state index is 11.9. The van der Waals surface area contributed by atoms with Crippen molar-refractivity contribution < 1.29 is 32.1 Å². The van der Waals surface area contributed by atoms with E-state index in [-0.39, 0.29) is 6.61 Å². The Morgan fingerprint density at radius 1 is 1.18 bits per heavy atom. The molecule has 0 aliphatic rings. The average molecular weight is 372 g/mol. The number of carboxylic acid groups (broad SMARTS) is 1. The molecule has 0 saturated carbocycles. The lowest BCUT2D eigenvalue weighted by atomic mass is 10.2. The molecular formula is C11H12Cl2NO7P. The summed E-state index contributed by atoms with van der Waals surface area (Å²) in [5.74, 6) is -1.35. The van der Waals surface area contributed by atoms with E-state index in [0.29, 0.717) is 10.5 Å². The van der Waals surface area contributed by atoms with Crippen LogP contribution in [-0.4, -0.2) is 34.9 Å². The standard InChI is InChI=1S/C11H12Cl2NO7P/c12-20-22(18,21-13)8-14(6-10(15)16)11(17)19-7-9-4-2-1-3-5-9/h1-5H,6-8H2,(H,15,16). The van der Waals surface area contributed by atoms with Crippen LogP contribution in [-0.2, 0) is 28.9 Å². The van der Waals surface area contributed by atoms with Crippen molar-refractivity contribution in [3.05, 3.63) is 35.9 Å². The number of hydrogen-bond donors (Lipinski definition) is 1. The number of carbonyl (C=O) groups is 2. The summed E-state index contributed by atoms with van der Waals surface area (Å²) in [6, 6.07) is 8.70. The molecule has 1 amide bonds. The molecule has 22 heavy (non-hydrogen) atoms. The number of hydrogen-bond acceptors (Lipinski definition) is 6. The molecule has 0 aliphatic heterocycles. The third kappa shape index (κ3) is 6.21. The number of amides is 1. The van der Waals surface area contributed by atoms with E-state index in [2.05, 4.69) is 8.15 Å². The summed E-state index contributed by atoms with van der Waals surface area (Å²) in [7, 11) is -4.05. The minimum Gasteiger partial charge on any atom is -0.480 e. The van der Waals surface area contributed by atoms with Crippen molar-refractivity contribution in [2.24, 2.45) is 0 Å². The summed E-state index contributed by atoms with van der Waals surface area (Å²) in [6.07, 6.45) is -1.81. The van der Waals surface area contributed by atoms with E-state index >= 15 is 0 Å². The first-order chi connectivity index (χ1) is 10.4. The first-order valence-electron chi connectivity index (χ1n) is 5.77. The highest BCUT2D eigenvalue weighted by Gasteiger charge is 2.32. The topological polar surface area (TPSA) is 102 Å². The molecule has 1 aromatic carbocycles. The predicted octanol–water partition coefficient (Wildman–Crippen LogP) is 3.20. The first kappa shape index (κ1) is 18.7. The second kappa shape index (κ2) is 8.97. The lowest BCUT2D eigenvalue weighted by Crippen LogP contribution is -2.36. The monoisotopic (exact) mass is 371 g/mol. The Morgan fingerprint density at radius 3 is 2.27 bits per heavy atom. The molecule has 1 N–H and O–H groups in total. The summed E-state index contributed by atoms with van der Waals surface area (Å²) in [6.45, 7) is -0.887. The van der Waals surface area contributed by atoms with Gasteiger partial charge in [0.2, 0.25) is 0 Å². The lowest BCUT2D eigenvalue weighted by molar-refractivity contribution is -0.137. The van der Waals surface area contributed by atoms with E-state index in [1.807, 2.05) is 0 Å². The highest BCUT2D eigenvalue weighted by molar-refractivity contribution is 7.55. The minimum absolute atomic E-state index is 0.0937. The van der Waals surface area contributed by atoms with Gasteiger partial charge in [0, 0.05) is 0 Å². The van der Waals surface area contributed by atoms with Crippen molar-refractivity contribution in [1.29, 1.82) is 0 Å². The normalized spacial score (nSPS) is 11.0. The maximum absolute atomic E-state index is 11.9. The quantitative estimate of drug-likeness (QED) is 0.699. The molecular weight excluding hydrogens is 360 g/mol. The molecule has 0 spiro atoms. The average Bonchev–Trinajstić information content (AvgIpc) is 2.52. The zero-order chi connectivity index (χ0) is 16.6. The molecule has 0 fully saturated rings. The Kier molecular flexibility index (Phi) is 7.64. The Hall–Kier alpha value is -1.31.